The van der Waals surface area contributed by atoms with Crippen LogP contribution in [0.5, 0.6) is 0 Å². The van der Waals surface area contributed by atoms with E-state index in [0.717, 1.165) is 11.1 Å². The van der Waals surface area contributed by atoms with Crippen molar-refractivity contribution < 1.29 is 14.3 Å². The monoisotopic (exact) mass is 311 g/mol. The molecule has 2 aromatic carbocycles. The molecule has 0 aliphatic carbocycles. The van der Waals surface area contributed by atoms with E-state index >= 15 is 0 Å². The van der Waals surface area contributed by atoms with Crippen molar-refractivity contribution in [1.29, 1.82) is 0 Å². The van der Waals surface area contributed by atoms with Crippen LogP contribution in [0.25, 0.3) is 0 Å². The highest BCUT2D eigenvalue weighted by atomic mass is 16.7. The maximum atomic E-state index is 12.7. The van der Waals surface area contributed by atoms with Gasteiger partial charge in [0.05, 0.1) is 19.1 Å². The zero-order valence-electron chi connectivity index (χ0n) is 13.0. The van der Waals surface area contributed by atoms with Gasteiger partial charge in [-0.15, -0.1) is 0 Å². The molecule has 4 nitrogen and oxygen atoms in total. The highest BCUT2D eigenvalue weighted by Crippen LogP contribution is 2.24. The number of carbonyl (C=O) groups is 1. The Hall–Kier alpha value is -2.17. The summed E-state index contributed by atoms with van der Waals surface area (Å²) in [5.41, 5.74) is 1.98. The number of carbonyl (C=O) groups excluding carboxylic acids is 1. The largest absolute Gasteiger partial charge is 0.355 e. The second-order valence-corrected chi connectivity index (χ2v) is 5.51. The number of rotatable bonds is 6. The van der Waals surface area contributed by atoms with Gasteiger partial charge in [0.2, 0.25) is 5.91 Å². The van der Waals surface area contributed by atoms with Crippen molar-refractivity contribution in [3.05, 3.63) is 71.8 Å². The number of hydrogen-bond donors (Lipinski definition) is 1. The van der Waals surface area contributed by atoms with Gasteiger partial charge in [0.15, 0.2) is 6.29 Å². The molecular weight excluding hydrogens is 290 g/mol. The number of benzene rings is 2. The van der Waals surface area contributed by atoms with Gasteiger partial charge >= 0.3 is 0 Å². The third-order valence-corrected chi connectivity index (χ3v) is 3.90. The van der Waals surface area contributed by atoms with Crippen LogP contribution in [0.3, 0.4) is 0 Å². The van der Waals surface area contributed by atoms with Crippen molar-refractivity contribution in [2.75, 3.05) is 19.8 Å². The number of hydrogen-bond acceptors (Lipinski definition) is 3. The molecule has 0 atom stereocenters. The fourth-order valence-electron chi connectivity index (χ4n) is 2.78. The first-order valence-electron chi connectivity index (χ1n) is 7.95. The summed E-state index contributed by atoms with van der Waals surface area (Å²) in [6, 6.07) is 19.7. The van der Waals surface area contributed by atoms with Gasteiger partial charge in [0.25, 0.3) is 0 Å². The molecule has 0 spiro atoms. The van der Waals surface area contributed by atoms with Gasteiger partial charge in [-0.1, -0.05) is 60.7 Å². The van der Waals surface area contributed by atoms with Gasteiger partial charge in [-0.3, -0.25) is 4.79 Å². The average molecular weight is 311 g/mol. The Morgan fingerprint density at radius 2 is 1.48 bits per heavy atom. The molecule has 2 aromatic rings. The van der Waals surface area contributed by atoms with Crippen molar-refractivity contribution in [3.8, 4) is 0 Å². The summed E-state index contributed by atoms with van der Waals surface area (Å²) < 4.78 is 10.8. The van der Waals surface area contributed by atoms with Crippen LogP contribution in [0.4, 0.5) is 0 Å². The van der Waals surface area contributed by atoms with E-state index in [9.17, 15) is 4.79 Å². The predicted molar refractivity (Wildman–Crippen MR) is 88.0 cm³/mol. The topological polar surface area (TPSA) is 47.6 Å². The number of amides is 1. The predicted octanol–water partition coefficient (Wildman–Crippen LogP) is 2.70. The van der Waals surface area contributed by atoms with Crippen LogP contribution >= 0.6 is 0 Å². The van der Waals surface area contributed by atoms with Crippen LogP contribution in [-0.4, -0.2) is 32.0 Å². The zero-order chi connectivity index (χ0) is 15.9. The van der Waals surface area contributed by atoms with Gasteiger partial charge in [-0.05, 0) is 11.1 Å². The molecule has 3 rings (SSSR count). The van der Waals surface area contributed by atoms with Crippen molar-refractivity contribution in [3.63, 3.8) is 0 Å². The third-order valence-electron chi connectivity index (χ3n) is 3.90. The summed E-state index contributed by atoms with van der Waals surface area (Å²) in [5.74, 6) is -0.303. The molecule has 1 heterocycles. The van der Waals surface area contributed by atoms with E-state index in [1.54, 1.807) is 0 Å². The Morgan fingerprint density at radius 1 is 0.957 bits per heavy atom. The van der Waals surface area contributed by atoms with Gasteiger partial charge in [-0.2, -0.15) is 0 Å². The molecule has 1 aliphatic heterocycles. The van der Waals surface area contributed by atoms with Crippen molar-refractivity contribution in [2.45, 2.75) is 18.6 Å². The van der Waals surface area contributed by atoms with Crippen molar-refractivity contribution in [2.24, 2.45) is 0 Å². The summed E-state index contributed by atoms with van der Waals surface area (Å²) in [7, 11) is 0. The van der Waals surface area contributed by atoms with E-state index in [4.69, 9.17) is 9.47 Å². The normalized spacial score (nSPS) is 15.0. The minimum absolute atomic E-state index is 0.000368. The quantitative estimate of drug-likeness (QED) is 0.892. The van der Waals surface area contributed by atoms with Crippen LogP contribution in [0.1, 0.15) is 23.5 Å². The highest BCUT2D eigenvalue weighted by Gasteiger charge is 2.23. The maximum absolute atomic E-state index is 12.7. The van der Waals surface area contributed by atoms with E-state index in [2.05, 4.69) is 5.32 Å². The average Bonchev–Trinajstić information content (AvgIpc) is 3.10. The molecule has 0 aromatic heterocycles. The molecular formula is C19H21NO3. The molecule has 1 fully saturated rings. The smallest absolute Gasteiger partial charge is 0.232 e. The molecule has 1 amide bonds. The Balaban J connectivity index is 1.69. The second kappa shape index (κ2) is 7.90. The summed E-state index contributed by atoms with van der Waals surface area (Å²) in [6.45, 7) is 1.81. The first-order valence-corrected chi connectivity index (χ1v) is 7.95. The molecule has 1 aliphatic rings. The van der Waals surface area contributed by atoms with Crippen molar-refractivity contribution in [1.82, 2.24) is 5.32 Å². The van der Waals surface area contributed by atoms with Gasteiger partial charge in [0.1, 0.15) is 0 Å². The van der Waals surface area contributed by atoms with E-state index in [-0.39, 0.29) is 18.1 Å². The lowest BCUT2D eigenvalue weighted by molar-refractivity contribution is -0.122. The Morgan fingerprint density at radius 3 is 2.00 bits per heavy atom. The number of ether oxygens (including phenoxy) is 2. The van der Waals surface area contributed by atoms with Crippen molar-refractivity contribution >= 4 is 5.91 Å². The van der Waals surface area contributed by atoms with E-state index in [1.165, 1.54) is 0 Å². The number of nitrogens with one attached hydrogen (secondary N) is 1. The summed E-state index contributed by atoms with van der Waals surface area (Å²) in [5, 5.41) is 3.01. The highest BCUT2D eigenvalue weighted by molar-refractivity contribution is 5.87. The standard InChI is InChI=1S/C19H21NO3/c21-19(20-12-11-17-22-13-14-23-17)18(15-7-3-1-4-8-15)16-9-5-2-6-10-16/h1-10,17-18H,11-14H2,(H,20,21). The molecule has 0 bridgehead atoms. The van der Waals surface area contributed by atoms with E-state index in [0.29, 0.717) is 26.2 Å². The Kier molecular flexibility index (Phi) is 5.40. The van der Waals surface area contributed by atoms with E-state index in [1.807, 2.05) is 60.7 Å². The van der Waals surface area contributed by atoms with Crippen LogP contribution < -0.4 is 5.32 Å². The molecule has 120 valence electrons. The summed E-state index contributed by atoms with van der Waals surface area (Å²) in [6.07, 6.45) is 0.476. The fourth-order valence-corrected chi connectivity index (χ4v) is 2.78. The fraction of sp³-hybridized carbons (Fsp3) is 0.316. The zero-order valence-corrected chi connectivity index (χ0v) is 13.0. The van der Waals surface area contributed by atoms with Crippen LogP contribution in [0, 0.1) is 0 Å². The van der Waals surface area contributed by atoms with Crippen LogP contribution in [0.2, 0.25) is 0 Å². The molecule has 4 heteroatoms. The maximum Gasteiger partial charge on any atom is 0.232 e. The van der Waals surface area contributed by atoms with E-state index < -0.39 is 0 Å². The molecule has 1 N–H and O–H groups in total. The lowest BCUT2D eigenvalue weighted by Gasteiger charge is -2.18. The minimum Gasteiger partial charge on any atom is -0.355 e. The van der Waals surface area contributed by atoms with Gasteiger partial charge in [0, 0.05) is 13.0 Å². The first kappa shape index (κ1) is 15.7. The lowest BCUT2D eigenvalue weighted by Crippen LogP contribution is -2.32. The Bertz CT molecular complexity index is 570. The lowest BCUT2D eigenvalue weighted by atomic mass is 9.90. The van der Waals surface area contributed by atoms with Gasteiger partial charge in [-0.25, -0.2) is 0 Å². The van der Waals surface area contributed by atoms with Gasteiger partial charge < -0.3 is 14.8 Å². The molecule has 23 heavy (non-hydrogen) atoms. The third kappa shape index (κ3) is 4.18. The molecule has 0 radical (unpaired) electrons. The first-order chi connectivity index (χ1) is 11.3. The van der Waals surface area contributed by atoms with Crippen LogP contribution in [-0.2, 0) is 14.3 Å². The summed E-state index contributed by atoms with van der Waals surface area (Å²) >= 11 is 0. The summed E-state index contributed by atoms with van der Waals surface area (Å²) in [4.78, 5) is 12.7. The SMILES string of the molecule is O=C(NCCC1OCCO1)C(c1ccccc1)c1ccccc1. The second-order valence-electron chi connectivity index (χ2n) is 5.51. The minimum atomic E-state index is -0.303. The Labute approximate surface area is 136 Å². The van der Waals surface area contributed by atoms with Crippen LogP contribution in [0.15, 0.2) is 60.7 Å². The molecule has 1 saturated heterocycles. The molecule has 0 saturated carbocycles. The molecule has 0 unspecified atom stereocenters.